The number of quaternary nitrogens is 1. The molecule has 0 saturated carbocycles. The molecule has 500 valence electrons. The predicted molar refractivity (Wildman–Crippen MR) is 389 cm³/mol. The first-order valence-corrected chi connectivity index (χ1v) is 35.6. The average Bonchev–Trinajstić information content (AvgIpc) is 3.58. The molecule has 0 aliphatic heterocycles. The van der Waals surface area contributed by atoms with E-state index in [2.05, 4.69) is 245 Å². The first kappa shape index (κ1) is 84.1. The lowest BCUT2D eigenvalue weighted by atomic mass is 10.1. The van der Waals surface area contributed by atoms with E-state index in [1.807, 2.05) is 21.1 Å². The van der Waals surface area contributed by atoms with Gasteiger partial charge in [-0.2, -0.15) is 0 Å². The van der Waals surface area contributed by atoms with Crippen LogP contribution in [0.3, 0.4) is 0 Å². The molecule has 0 aliphatic carbocycles. The number of nitrogens with zero attached hydrogens (tertiary/aromatic N) is 1. The second-order valence-corrected chi connectivity index (χ2v) is 24.2. The Labute approximate surface area is 550 Å². The van der Waals surface area contributed by atoms with Crippen molar-refractivity contribution in [1.29, 1.82) is 0 Å². The third-order valence-corrected chi connectivity index (χ3v) is 14.2. The topological polar surface area (TPSA) is 108 Å². The van der Waals surface area contributed by atoms with Crippen LogP contribution in [0.2, 0.25) is 0 Å². The SMILES string of the molecule is CC/C=C\C/C=C\C/C=C\C/C=C\C/C=C\C/C=C\C/C=C\C/C=C\C/C=C\C/C=C\C/C=C\CCCCCCCC(=O)OC(COC(=O)CCCC/C=C\C/C=C\C/C=C\C/C=C\C/C=C\C/C=C\C/C=C\C/C=C\CC)COP(=O)(O)OCC[N+](C)(C)C. The van der Waals surface area contributed by atoms with Crippen molar-refractivity contribution >= 4 is 19.8 Å². The summed E-state index contributed by atoms with van der Waals surface area (Å²) in [4.78, 5) is 35.8. The number of esters is 2. The Morgan fingerprint density at radius 1 is 0.344 bits per heavy atom. The normalized spacial score (nSPS) is 14.6. The maximum atomic E-state index is 12.9. The summed E-state index contributed by atoms with van der Waals surface area (Å²) in [7, 11) is 1.40. The zero-order chi connectivity index (χ0) is 65.5. The quantitative estimate of drug-likeness (QED) is 0.0211. The molecule has 0 spiro atoms. The van der Waals surface area contributed by atoms with E-state index >= 15 is 0 Å². The Bertz CT molecular complexity index is 2370. The van der Waals surface area contributed by atoms with Gasteiger partial charge in [0.25, 0.3) is 0 Å². The van der Waals surface area contributed by atoms with E-state index in [0.717, 1.165) is 167 Å². The highest BCUT2D eigenvalue weighted by atomic mass is 31.2. The summed E-state index contributed by atoms with van der Waals surface area (Å²) in [6.07, 6.45) is 110. The summed E-state index contributed by atoms with van der Waals surface area (Å²) in [5, 5.41) is 0. The molecule has 9 nitrogen and oxygen atoms in total. The first-order valence-electron chi connectivity index (χ1n) is 34.1. The molecule has 2 atom stereocenters. The van der Waals surface area contributed by atoms with E-state index in [-0.39, 0.29) is 26.1 Å². The zero-order valence-corrected chi connectivity index (χ0v) is 57.7. The van der Waals surface area contributed by atoms with Gasteiger partial charge in [0.2, 0.25) is 0 Å². The Hall–Kier alpha value is -5.93. The summed E-state index contributed by atoms with van der Waals surface area (Å²) in [6.45, 7) is 4.09. The molecule has 0 rings (SSSR count). The van der Waals surface area contributed by atoms with E-state index < -0.39 is 32.5 Å². The number of unbranched alkanes of at least 4 members (excludes halogenated alkanes) is 7. The Morgan fingerprint density at radius 3 is 0.911 bits per heavy atom. The van der Waals surface area contributed by atoms with Gasteiger partial charge in [-0.3, -0.25) is 18.6 Å². The molecule has 0 aromatic rings. The molecule has 0 bridgehead atoms. The van der Waals surface area contributed by atoms with Gasteiger partial charge in [0.1, 0.15) is 19.8 Å². The van der Waals surface area contributed by atoms with Gasteiger partial charge in [-0.05, 0) is 161 Å². The number of rotatable bonds is 59. The molecule has 90 heavy (non-hydrogen) atoms. The van der Waals surface area contributed by atoms with Crippen molar-refractivity contribution < 1.29 is 42.1 Å². The average molecular weight is 1260 g/mol. The smallest absolute Gasteiger partial charge is 0.462 e. The van der Waals surface area contributed by atoms with Crippen LogP contribution in [-0.4, -0.2) is 74.9 Å². The lowest BCUT2D eigenvalue weighted by Gasteiger charge is -2.24. The molecule has 0 aliphatic rings. The van der Waals surface area contributed by atoms with Crippen molar-refractivity contribution in [3.05, 3.63) is 231 Å². The van der Waals surface area contributed by atoms with Crippen molar-refractivity contribution in [3.63, 3.8) is 0 Å². The number of hydrogen-bond acceptors (Lipinski definition) is 7. The third kappa shape index (κ3) is 71.1. The van der Waals surface area contributed by atoms with Gasteiger partial charge in [0.05, 0.1) is 27.7 Å². The fourth-order valence-electron chi connectivity index (χ4n) is 8.03. The lowest BCUT2D eigenvalue weighted by Crippen LogP contribution is -2.37. The molecular formula is C80H123NO8P+. The van der Waals surface area contributed by atoms with Gasteiger partial charge in [0.15, 0.2) is 6.10 Å². The molecule has 0 fully saturated rings. The van der Waals surface area contributed by atoms with Crippen molar-refractivity contribution in [3.8, 4) is 0 Å². The maximum absolute atomic E-state index is 12.9. The van der Waals surface area contributed by atoms with Crippen molar-refractivity contribution in [2.45, 2.75) is 213 Å². The van der Waals surface area contributed by atoms with Gasteiger partial charge in [-0.25, -0.2) is 4.57 Å². The minimum absolute atomic E-state index is 0.00607. The number of carbonyl (C=O) groups excluding carboxylic acids is 2. The van der Waals surface area contributed by atoms with Gasteiger partial charge in [0, 0.05) is 12.8 Å². The number of phosphoric acid groups is 1. The van der Waals surface area contributed by atoms with Crippen molar-refractivity contribution in [1.82, 2.24) is 0 Å². The standard InChI is InChI=1S/C80H122NO8P/c1-6-8-10-12-14-16-18-20-22-24-26-28-30-32-34-35-36-37-38-39-40-41-42-43-44-45-47-49-51-53-55-57-59-61-63-65-67-69-71-73-80(83)89-78(77-88-90(84,85)87-75-74-81(3,4)5)76-86-79(82)72-70-68-66-64-62-60-58-56-54-52-50-48-46-33-31-29-27-25-23-21-19-17-15-13-11-9-7-2/h8-11,14-17,20-23,26-29,32-34,36-37,39-40,42-43,45-47,50-53,56-59,62,64,78H,6-7,12-13,18-19,24-25,30-31,35,38,41,44,48-49,54-55,60-61,63,65-77H2,1-5H3/p+1/b10-8-,11-9-,16-14-,17-15-,22-20-,23-21-,28-26-,29-27-,34-32-,37-36-,40-39-,43-42-,46-33-,47-45-,52-50-,53-51-,58-56-,59-57-,64-62-. The van der Waals surface area contributed by atoms with Crippen LogP contribution in [0.25, 0.3) is 0 Å². The molecule has 1 N–H and O–H groups in total. The number of hydrogen-bond donors (Lipinski definition) is 1. The van der Waals surface area contributed by atoms with E-state index in [4.69, 9.17) is 18.5 Å². The van der Waals surface area contributed by atoms with Gasteiger partial charge in [-0.15, -0.1) is 0 Å². The Balaban J connectivity index is 4.29. The summed E-state index contributed by atoms with van der Waals surface area (Å²) in [6, 6.07) is 0. The zero-order valence-electron chi connectivity index (χ0n) is 56.8. The number of likely N-dealkylation sites (N-methyl/N-ethyl adjacent to an activating group) is 1. The van der Waals surface area contributed by atoms with Gasteiger partial charge in [-0.1, -0.05) is 264 Å². The van der Waals surface area contributed by atoms with Crippen molar-refractivity contribution in [2.24, 2.45) is 0 Å². The molecule has 2 unspecified atom stereocenters. The number of phosphoric ester groups is 1. The minimum atomic E-state index is -4.43. The summed E-state index contributed by atoms with van der Waals surface area (Å²) < 4.78 is 34.6. The van der Waals surface area contributed by atoms with Crippen LogP contribution in [0.1, 0.15) is 206 Å². The molecule has 0 heterocycles. The fourth-order valence-corrected chi connectivity index (χ4v) is 8.77. The second-order valence-electron chi connectivity index (χ2n) is 22.7. The highest BCUT2D eigenvalue weighted by Gasteiger charge is 2.27. The number of carbonyl (C=O) groups is 2. The van der Waals surface area contributed by atoms with Crippen LogP contribution in [0, 0.1) is 0 Å². The summed E-state index contributed by atoms with van der Waals surface area (Å²) in [5.74, 6) is -0.893. The highest BCUT2D eigenvalue weighted by molar-refractivity contribution is 7.47. The van der Waals surface area contributed by atoms with Crippen LogP contribution in [0.4, 0.5) is 0 Å². The van der Waals surface area contributed by atoms with Crippen molar-refractivity contribution in [2.75, 3.05) is 47.5 Å². The molecule has 0 aromatic carbocycles. The van der Waals surface area contributed by atoms with E-state index in [1.165, 1.54) is 0 Å². The lowest BCUT2D eigenvalue weighted by molar-refractivity contribution is -0.870. The van der Waals surface area contributed by atoms with E-state index in [1.54, 1.807) is 0 Å². The van der Waals surface area contributed by atoms with Crippen LogP contribution >= 0.6 is 7.82 Å². The minimum Gasteiger partial charge on any atom is -0.462 e. The van der Waals surface area contributed by atoms with E-state index in [9.17, 15) is 19.0 Å². The van der Waals surface area contributed by atoms with Gasteiger partial charge >= 0.3 is 19.8 Å². The Morgan fingerprint density at radius 2 is 0.600 bits per heavy atom. The molecule has 0 aromatic heterocycles. The van der Waals surface area contributed by atoms with E-state index in [0.29, 0.717) is 23.9 Å². The Kier molecular flexibility index (Phi) is 63.0. The number of allylic oxidation sites excluding steroid dienone is 38. The maximum Gasteiger partial charge on any atom is 0.472 e. The van der Waals surface area contributed by atoms with Crippen LogP contribution in [0.5, 0.6) is 0 Å². The molecular weight excluding hydrogens is 1130 g/mol. The fraction of sp³-hybridized carbons (Fsp3) is 0.500. The highest BCUT2D eigenvalue weighted by Crippen LogP contribution is 2.43. The van der Waals surface area contributed by atoms with Gasteiger partial charge < -0.3 is 18.9 Å². The monoisotopic (exact) mass is 1260 g/mol. The first-order chi connectivity index (χ1) is 44.0. The van der Waals surface area contributed by atoms with Crippen LogP contribution in [-0.2, 0) is 32.7 Å². The molecule has 0 amide bonds. The summed E-state index contributed by atoms with van der Waals surface area (Å²) >= 11 is 0. The third-order valence-electron chi connectivity index (χ3n) is 13.2. The molecule has 10 heteroatoms. The van der Waals surface area contributed by atoms with Crippen LogP contribution in [0.15, 0.2) is 231 Å². The second kappa shape index (κ2) is 67.5. The largest absolute Gasteiger partial charge is 0.472 e. The predicted octanol–water partition coefficient (Wildman–Crippen LogP) is 22.6. The summed E-state index contributed by atoms with van der Waals surface area (Å²) in [5.41, 5.74) is 0. The molecule has 0 saturated heterocycles. The van der Waals surface area contributed by atoms with Crippen LogP contribution < -0.4 is 0 Å². The molecule has 0 radical (unpaired) electrons. The number of ether oxygens (including phenoxy) is 2.